The maximum Gasteiger partial charge on any atom is 0.235 e. The van der Waals surface area contributed by atoms with Crippen LogP contribution in [0.5, 0.6) is 23.0 Å². The van der Waals surface area contributed by atoms with E-state index in [0.29, 0.717) is 28.7 Å². The van der Waals surface area contributed by atoms with E-state index >= 15 is 0 Å². The van der Waals surface area contributed by atoms with Gasteiger partial charge in [0.05, 0.1) is 52.8 Å². The van der Waals surface area contributed by atoms with Crippen LogP contribution in [-0.4, -0.2) is 47.6 Å². The van der Waals surface area contributed by atoms with E-state index < -0.39 is 11.7 Å². The van der Waals surface area contributed by atoms with Crippen molar-refractivity contribution in [1.29, 1.82) is 0 Å². The normalized spacial score (nSPS) is 20.9. The summed E-state index contributed by atoms with van der Waals surface area (Å²) >= 11 is 0. The number of nitrogens with one attached hydrogen (secondary N) is 1. The molecule has 0 radical (unpaired) electrons. The molecule has 1 amide bonds. The molecule has 0 bridgehead atoms. The molecule has 1 aliphatic heterocycles. The third-order valence-corrected chi connectivity index (χ3v) is 4.99. The van der Waals surface area contributed by atoms with Crippen molar-refractivity contribution in [3.8, 4) is 23.0 Å². The zero-order valence-corrected chi connectivity index (χ0v) is 17.8. The molecule has 0 saturated carbocycles. The maximum atomic E-state index is 12.9. The molecule has 0 aliphatic carbocycles. The molecule has 0 unspecified atom stereocenters. The third kappa shape index (κ3) is 4.44. The number of anilines is 1. The van der Waals surface area contributed by atoms with Gasteiger partial charge in [0, 0.05) is 11.6 Å². The minimum Gasteiger partial charge on any atom is -0.497 e. The Hall–Kier alpha value is -2.97. The number of benzene rings is 2. The summed E-state index contributed by atoms with van der Waals surface area (Å²) in [6.07, 6.45) is -0.596. The Morgan fingerprint density at radius 3 is 2.17 bits per heavy atom. The molecule has 8 nitrogen and oxygen atoms in total. The second-order valence-electron chi connectivity index (χ2n) is 7.15. The van der Waals surface area contributed by atoms with Gasteiger partial charge in [0.25, 0.3) is 0 Å². The van der Waals surface area contributed by atoms with Gasteiger partial charge in [-0.15, -0.1) is 0 Å². The molecule has 0 spiro atoms. The van der Waals surface area contributed by atoms with Crippen molar-refractivity contribution in [2.24, 2.45) is 5.41 Å². The van der Waals surface area contributed by atoms with E-state index in [9.17, 15) is 4.79 Å². The summed E-state index contributed by atoms with van der Waals surface area (Å²) in [6.45, 7) is 2.18. The Morgan fingerprint density at radius 1 is 0.900 bits per heavy atom. The van der Waals surface area contributed by atoms with Crippen molar-refractivity contribution in [1.82, 2.24) is 0 Å². The zero-order chi connectivity index (χ0) is 21.7. The summed E-state index contributed by atoms with van der Waals surface area (Å²) in [4.78, 5) is 12.9. The molecule has 8 heteroatoms. The molecule has 1 fully saturated rings. The predicted octanol–water partition coefficient (Wildman–Crippen LogP) is 3.41. The van der Waals surface area contributed by atoms with E-state index in [1.165, 1.54) is 7.11 Å². The minimum atomic E-state index is -0.863. The highest BCUT2D eigenvalue weighted by atomic mass is 16.7. The zero-order valence-electron chi connectivity index (χ0n) is 17.8. The molecule has 1 saturated heterocycles. The lowest BCUT2D eigenvalue weighted by atomic mass is 9.90. The van der Waals surface area contributed by atoms with Crippen LogP contribution in [0.15, 0.2) is 36.4 Å². The highest BCUT2D eigenvalue weighted by Gasteiger charge is 2.40. The van der Waals surface area contributed by atoms with Gasteiger partial charge in [0.15, 0.2) is 17.8 Å². The highest BCUT2D eigenvalue weighted by Crippen LogP contribution is 2.37. The lowest BCUT2D eigenvalue weighted by Crippen LogP contribution is -2.45. The molecular weight excluding hydrogens is 390 g/mol. The summed E-state index contributed by atoms with van der Waals surface area (Å²) in [5.74, 6) is 2.12. The fraction of sp³-hybridized carbons (Fsp3) is 0.409. The summed E-state index contributed by atoms with van der Waals surface area (Å²) in [7, 11) is 6.25. The van der Waals surface area contributed by atoms with Crippen LogP contribution in [0.25, 0.3) is 0 Å². The van der Waals surface area contributed by atoms with Gasteiger partial charge in [-0.25, -0.2) is 0 Å². The van der Waals surface area contributed by atoms with Crippen molar-refractivity contribution in [2.75, 3.05) is 47.0 Å². The lowest BCUT2D eigenvalue weighted by Gasteiger charge is -2.36. The molecule has 1 heterocycles. The first kappa shape index (κ1) is 21.7. The summed E-state index contributed by atoms with van der Waals surface area (Å²) in [5, 5.41) is 2.89. The minimum absolute atomic E-state index is 0.191. The maximum absolute atomic E-state index is 12.9. The Labute approximate surface area is 176 Å². The molecule has 0 aromatic heterocycles. The molecule has 2 aromatic rings. The molecule has 1 aliphatic rings. The quantitative estimate of drug-likeness (QED) is 0.739. The van der Waals surface area contributed by atoms with E-state index in [-0.39, 0.29) is 19.1 Å². The lowest BCUT2D eigenvalue weighted by molar-refractivity contribution is -0.226. The topological polar surface area (TPSA) is 84.5 Å². The van der Waals surface area contributed by atoms with Crippen LogP contribution in [0.3, 0.4) is 0 Å². The van der Waals surface area contributed by atoms with Crippen molar-refractivity contribution in [3.63, 3.8) is 0 Å². The van der Waals surface area contributed by atoms with Crippen LogP contribution in [0.1, 0.15) is 18.8 Å². The average molecular weight is 417 g/mol. The van der Waals surface area contributed by atoms with E-state index in [1.54, 1.807) is 58.6 Å². The predicted molar refractivity (Wildman–Crippen MR) is 110 cm³/mol. The van der Waals surface area contributed by atoms with Gasteiger partial charge < -0.3 is 33.7 Å². The van der Waals surface area contributed by atoms with Crippen molar-refractivity contribution in [3.05, 3.63) is 42.0 Å². The van der Waals surface area contributed by atoms with Gasteiger partial charge in [0.1, 0.15) is 11.5 Å². The van der Waals surface area contributed by atoms with Gasteiger partial charge in [-0.2, -0.15) is 0 Å². The number of ether oxygens (including phenoxy) is 6. The van der Waals surface area contributed by atoms with E-state index in [1.807, 2.05) is 6.07 Å². The Kier molecular flexibility index (Phi) is 6.69. The van der Waals surface area contributed by atoms with Crippen LogP contribution < -0.4 is 24.3 Å². The molecule has 2 aromatic carbocycles. The van der Waals surface area contributed by atoms with Gasteiger partial charge in [-0.1, -0.05) is 6.07 Å². The number of hydrogen-bond acceptors (Lipinski definition) is 7. The largest absolute Gasteiger partial charge is 0.497 e. The smallest absolute Gasteiger partial charge is 0.235 e. The second-order valence-corrected chi connectivity index (χ2v) is 7.15. The van der Waals surface area contributed by atoms with Gasteiger partial charge in [-0.3, -0.25) is 4.79 Å². The van der Waals surface area contributed by atoms with Crippen LogP contribution in [-0.2, 0) is 14.3 Å². The number of amides is 1. The van der Waals surface area contributed by atoms with E-state index in [4.69, 9.17) is 28.4 Å². The molecule has 1 N–H and O–H groups in total. The number of rotatable bonds is 7. The van der Waals surface area contributed by atoms with Crippen molar-refractivity contribution < 1.29 is 33.2 Å². The summed E-state index contributed by atoms with van der Waals surface area (Å²) in [6, 6.07) is 10.6. The number of carbonyl (C=O) groups excluding carboxylic acids is 1. The number of hydrogen-bond donors (Lipinski definition) is 1. The van der Waals surface area contributed by atoms with E-state index in [2.05, 4.69) is 5.32 Å². The van der Waals surface area contributed by atoms with Crippen molar-refractivity contribution >= 4 is 11.6 Å². The van der Waals surface area contributed by atoms with Gasteiger partial charge >= 0.3 is 0 Å². The van der Waals surface area contributed by atoms with Crippen LogP contribution >= 0.6 is 0 Å². The Bertz CT molecular complexity index is 891. The first-order valence-electron chi connectivity index (χ1n) is 9.42. The summed E-state index contributed by atoms with van der Waals surface area (Å²) < 4.78 is 32.9. The standard InChI is InChI=1S/C22H27NO7/c1-22(21(24)23-16-8-7-15(25-2)11-18(16)27-4)12-29-20(30-13-22)14-6-9-17(26-3)19(10-14)28-5/h6-11,20H,12-13H2,1-5H3,(H,23,24). The fourth-order valence-electron chi connectivity index (χ4n) is 3.11. The Balaban J connectivity index is 1.68. The SMILES string of the molecule is COc1ccc(NC(=O)C2(C)COC(c3ccc(OC)c(OC)c3)OC2)c(OC)c1. The number of carbonyl (C=O) groups is 1. The molecule has 30 heavy (non-hydrogen) atoms. The first-order valence-corrected chi connectivity index (χ1v) is 9.42. The van der Waals surface area contributed by atoms with E-state index in [0.717, 1.165) is 5.56 Å². The van der Waals surface area contributed by atoms with Crippen LogP contribution in [0.4, 0.5) is 5.69 Å². The Morgan fingerprint density at radius 2 is 1.57 bits per heavy atom. The molecular formula is C22H27NO7. The number of methoxy groups -OCH3 is 4. The fourth-order valence-corrected chi connectivity index (χ4v) is 3.11. The van der Waals surface area contributed by atoms with Gasteiger partial charge in [0.2, 0.25) is 5.91 Å². The molecule has 3 rings (SSSR count). The molecule has 162 valence electrons. The van der Waals surface area contributed by atoms with Gasteiger partial charge in [-0.05, 0) is 31.2 Å². The van der Waals surface area contributed by atoms with Crippen molar-refractivity contribution in [2.45, 2.75) is 13.2 Å². The van der Waals surface area contributed by atoms with Crippen LogP contribution in [0.2, 0.25) is 0 Å². The second kappa shape index (κ2) is 9.23. The highest BCUT2D eigenvalue weighted by molar-refractivity contribution is 5.96. The first-order chi connectivity index (χ1) is 14.4. The third-order valence-electron chi connectivity index (χ3n) is 4.99. The monoisotopic (exact) mass is 417 g/mol. The average Bonchev–Trinajstić information content (AvgIpc) is 2.79. The summed E-state index contributed by atoms with van der Waals surface area (Å²) in [5.41, 5.74) is 0.469. The van der Waals surface area contributed by atoms with Crippen LogP contribution in [0, 0.1) is 5.41 Å². The molecule has 0 atom stereocenters.